The average molecular weight is 383 g/mol. The third kappa shape index (κ3) is 3.59. The second-order valence-corrected chi connectivity index (χ2v) is 7.05. The highest BCUT2D eigenvalue weighted by molar-refractivity contribution is 5.77. The molecule has 1 fully saturated rings. The van der Waals surface area contributed by atoms with E-state index in [0.717, 1.165) is 42.0 Å². The van der Waals surface area contributed by atoms with Crippen molar-refractivity contribution >= 4 is 5.91 Å². The third-order valence-corrected chi connectivity index (χ3v) is 5.43. The number of hydrogen-bond donors (Lipinski definition) is 0. The smallest absolute Gasteiger partial charge is 0.231 e. The largest absolute Gasteiger partial charge is 0.493 e. The van der Waals surface area contributed by atoms with Crippen LogP contribution in [-0.4, -0.2) is 38.4 Å². The average Bonchev–Trinajstić information content (AvgIpc) is 3.40. The molecule has 2 aliphatic heterocycles. The molecule has 2 heterocycles. The van der Waals surface area contributed by atoms with E-state index in [2.05, 4.69) is 0 Å². The Morgan fingerprint density at radius 1 is 1.07 bits per heavy atom. The van der Waals surface area contributed by atoms with Gasteiger partial charge < -0.3 is 23.8 Å². The zero-order valence-corrected chi connectivity index (χ0v) is 16.3. The van der Waals surface area contributed by atoms with E-state index in [0.29, 0.717) is 24.3 Å². The maximum absolute atomic E-state index is 12.9. The number of carbonyl (C=O) groups excluding carboxylic acids is 1. The molecule has 2 aromatic carbocycles. The van der Waals surface area contributed by atoms with Gasteiger partial charge in [-0.3, -0.25) is 4.79 Å². The Hall–Kier alpha value is -2.89. The summed E-state index contributed by atoms with van der Waals surface area (Å²) >= 11 is 0. The van der Waals surface area contributed by atoms with Gasteiger partial charge in [-0.05, 0) is 54.7 Å². The lowest BCUT2D eigenvalue weighted by atomic mass is 10.0. The summed E-state index contributed by atoms with van der Waals surface area (Å²) in [5.74, 6) is 3.09. The van der Waals surface area contributed by atoms with E-state index in [4.69, 9.17) is 18.9 Å². The first-order chi connectivity index (χ1) is 13.7. The quantitative estimate of drug-likeness (QED) is 0.761. The van der Waals surface area contributed by atoms with E-state index in [1.54, 1.807) is 14.2 Å². The van der Waals surface area contributed by atoms with Crippen molar-refractivity contribution < 1.29 is 23.7 Å². The molecule has 0 aliphatic carbocycles. The SMILES string of the molecule is COc1ccc([C@@H]2CCCN2C(=O)CCc2ccc3c(c2)OCO3)cc1OC. The summed E-state index contributed by atoms with van der Waals surface area (Å²) in [6, 6.07) is 11.9. The number of amides is 1. The van der Waals surface area contributed by atoms with Gasteiger partial charge >= 0.3 is 0 Å². The molecule has 6 heteroatoms. The second-order valence-electron chi connectivity index (χ2n) is 7.05. The topological polar surface area (TPSA) is 57.2 Å². The highest BCUT2D eigenvalue weighted by Crippen LogP contribution is 2.37. The first kappa shape index (κ1) is 18.5. The third-order valence-electron chi connectivity index (χ3n) is 5.43. The molecule has 0 unspecified atom stereocenters. The molecule has 1 saturated heterocycles. The van der Waals surface area contributed by atoms with Crippen LogP contribution in [0.3, 0.4) is 0 Å². The number of rotatable bonds is 6. The molecule has 2 aliphatic rings. The first-order valence-electron chi connectivity index (χ1n) is 9.59. The van der Waals surface area contributed by atoms with Crippen LogP contribution in [0.15, 0.2) is 36.4 Å². The van der Waals surface area contributed by atoms with Crippen LogP contribution in [0.25, 0.3) is 0 Å². The van der Waals surface area contributed by atoms with Gasteiger partial charge in [0.1, 0.15) is 0 Å². The Balaban J connectivity index is 1.43. The van der Waals surface area contributed by atoms with Gasteiger partial charge in [0.2, 0.25) is 12.7 Å². The zero-order valence-electron chi connectivity index (χ0n) is 16.3. The summed E-state index contributed by atoms with van der Waals surface area (Å²) in [5.41, 5.74) is 2.17. The maximum Gasteiger partial charge on any atom is 0.231 e. The van der Waals surface area contributed by atoms with E-state index in [1.807, 2.05) is 41.3 Å². The van der Waals surface area contributed by atoms with Gasteiger partial charge in [-0.15, -0.1) is 0 Å². The first-order valence-corrected chi connectivity index (χ1v) is 9.59. The van der Waals surface area contributed by atoms with Crippen LogP contribution in [0.4, 0.5) is 0 Å². The van der Waals surface area contributed by atoms with Crippen LogP contribution >= 0.6 is 0 Å². The normalized spacial score (nSPS) is 17.6. The van der Waals surface area contributed by atoms with Gasteiger partial charge in [-0.1, -0.05) is 12.1 Å². The van der Waals surface area contributed by atoms with Crippen LogP contribution in [0.2, 0.25) is 0 Å². The van der Waals surface area contributed by atoms with Gasteiger partial charge in [0.15, 0.2) is 23.0 Å². The summed E-state index contributed by atoms with van der Waals surface area (Å²) in [6.07, 6.45) is 3.13. The molecule has 28 heavy (non-hydrogen) atoms. The van der Waals surface area contributed by atoms with Crippen molar-refractivity contribution in [1.82, 2.24) is 4.90 Å². The highest BCUT2D eigenvalue weighted by atomic mass is 16.7. The fourth-order valence-corrected chi connectivity index (χ4v) is 3.96. The number of likely N-dealkylation sites (tertiary alicyclic amines) is 1. The molecular weight excluding hydrogens is 358 g/mol. The molecule has 0 aromatic heterocycles. The number of ether oxygens (including phenoxy) is 4. The molecule has 0 spiro atoms. The summed E-state index contributed by atoms with van der Waals surface area (Å²) in [6.45, 7) is 1.05. The summed E-state index contributed by atoms with van der Waals surface area (Å²) in [4.78, 5) is 14.9. The lowest BCUT2D eigenvalue weighted by Gasteiger charge is -2.26. The fourth-order valence-electron chi connectivity index (χ4n) is 3.96. The Kier molecular flexibility index (Phi) is 5.28. The van der Waals surface area contributed by atoms with Gasteiger partial charge in [0.05, 0.1) is 20.3 Å². The number of methoxy groups -OCH3 is 2. The van der Waals surface area contributed by atoms with Gasteiger partial charge in [0, 0.05) is 13.0 Å². The second kappa shape index (κ2) is 8.00. The minimum Gasteiger partial charge on any atom is -0.493 e. The molecule has 148 valence electrons. The van der Waals surface area contributed by atoms with Crippen LogP contribution in [0, 0.1) is 0 Å². The monoisotopic (exact) mass is 383 g/mol. The van der Waals surface area contributed by atoms with Gasteiger partial charge in [0.25, 0.3) is 0 Å². The van der Waals surface area contributed by atoms with Crippen LogP contribution in [0.1, 0.15) is 36.4 Å². The summed E-state index contributed by atoms with van der Waals surface area (Å²) in [7, 11) is 3.25. The molecule has 1 atom stereocenters. The zero-order chi connectivity index (χ0) is 19.5. The Labute approximate surface area is 165 Å². The van der Waals surface area contributed by atoms with Crippen LogP contribution in [0.5, 0.6) is 23.0 Å². The number of aryl methyl sites for hydroxylation is 1. The molecular formula is C22H25NO5. The maximum atomic E-state index is 12.9. The molecule has 4 rings (SSSR count). The van der Waals surface area contributed by atoms with E-state index in [1.165, 1.54) is 0 Å². The number of benzene rings is 2. The van der Waals surface area contributed by atoms with E-state index < -0.39 is 0 Å². The molecule has 0 radical (unpaired) electrons. The molecule has 6 nitrogen and oxygen atoms in total. The Morgan fingerprint density at radius 3 is 2.71 bits per heavy atom. The van der Waals surface area contributed by atoms with Gasteiger partial charge in [-0.25, -0.2) is 0 Å². The summed E-state index contributed by atoms with van der Waals surface area (Å²) < 4.78 is 21.5. The van der Waals surface area contributed by atoms with Crippen molar-refractivity contribution in [3.05, 3.63) is 47.5 Å². The van der Waals surface area contributed by atoms with Crippen molar-refractivity contribution in [2.75, 3.05) is 27.6 Å². The Bertz CT molecular complexity index is 866. The fraction of sp³-hybridized carbons (Fsp3) is 0.409. The molecule has 0 saturated carbocycles. The molecule has 1 amide bonds. The standard InChI is InChI=1S/C22H25NO5/c1-25-18-9-7-16(13-20(18)26-2)17-4-3-11-23(17)22(24)10-6-15-5-8-19-21(12-15)28-14-27-19/h5,7-9,12-13,17H,3-4,6,10-11,14H2,1-2H3/t17-/m0/s1. The van der Waals surface area contributed by atoms with E-state index >= 15 is 0 Å². The number of fused-ring (bicyclic) bond motifs is 1. The van der Waals surface area contributed by atoms with Crippen molar-refractivity contribution in [2.45, 2.75) is 31.7 Å². The van der Waals surface area contributed by atoms with Crippen molar-refractivity contribution in [2.24, 2.45) is 0 Å². The van der Waals surface area contributed by atoms with Crippen molar-refractivity contribution in [1.29, 1.82) is 0 Å². The number of carbonyl (C=O) groups is 1. The molecule has 2 aromatic rings. The summed E-state index contributed by atoms with van der Waals surface area (Å²) in [5, 5.41) is 0. The number of nitrogens with zero attached hydrogens (tertiary/aromatic N) is 1. The van der Waals surface area contributed by atoms with Crippen LogP contribution in [-0.2, 0) is 11.2 Å². The minimum atomic E-state index is 0.0871. The highest BCUT2D eigenvalue weighted by Gasteiger charge is 2.30. The van der Waals surface area contributed by atoms with Crippen LogP contribution < -0.4 is 18.9 Å². The van der Waals surface area contributed by atoms with Crippen molar-refractivity contribution in [3.63, 3.8) is 0 Å². The Morgan fingerprint density at radius 2 is 1.89 bits per heavy atom. The predicted octanol–water partition coefficient (Wildman–Crippen LogP) is 3.73. The molecule has 0 bridgehead atoms. The van der Waals surface area contributed by atoms with Gasteiger partial charge in [-0.2, -0.15) is 0 Å². The lowest BCUT2D eigenvalue weighted by molar-refractivity contribution is -0.132. The molecule has 0 N–H and O–H groups in total. The minimum absolute atomic E-state index is 0.0871. The van der Waals surface area contributed by atoms with Crippen molar-refractivity contribution in [3.8, 4) is 23.0 Å². The lowest BCUT2D eigenvalue weighted by Crippen LogP contribution is -2.30. The predicted molar refractivity (Wildman–Crippen MR) is 104 cm³/mol. The number of hydrogen-bond acceptors (Lipinski definition) is 5. The van der Waals surface area contributed by atoms with E-state index in [-0.39, 0.29) is 18.7 Å². The van der Waals surface area contributed by atoms with E-state index in [9.17, 15) is 4.79 Å².